The zero-order chi connectivity index (χ0) is 13.4. The van der Waals surface area contributed by atoms with E-state index >= 15 is 0 Å². The molecule has 2 atom stereocenters. The first-order valence-electron chi connectivity index (χ1n) is 6.00. The van der Waals surface area contributed by atoms with Gasteiger partial charge in [0.2, 0.25) is 0 Å². The monoisotopic (exact) mass is 252 g/mol. The summed E-state index contributed by atoms with van der Waals surface area (Å²) in [5.74, 6) is -0.328. The molecule has 0 spiro atoms. The number of hydrogen-bond acceptors (Lipinski definition) is 4. The lowest BCUT2D eigenvalue weighted by Gasteiger charge is -2.16. The molecule has 2 unspecified atom stereocenters. The number of carbonyl (C=O) groups excluding carboxylic acids is 1. The highest BCUT2D eigenvalue weighted by atomic mass is 16.6. The molecule has 0 aliphatic rings. The van der Waals surface area contributed by atoms with E-state index in [0.717, 1.165) is 0 Å². The van der Waals surface area contributed by atoms with E-state index in [2.05, 4.69) is 0 Å². The van der Waals surface area contributed by atoms with Crippen molar-refractivity contribution in [3.05, 3.63) is 35.9 Å². The van der Waals surface area contributed by atoms with E-state index in [4.69, 9.17) is 14.2 Å². The summed E-state index contributed by atoms with van der Waals surface area (Å²) in [7, 11) is 1.63. The Kier molecular flexibility index (Phi) is 6.39. The Hall–Kier alpha value is -1.39. The topological polar surface area (TPSA) is 44.8 Å². The van der Waals surface area contributed by atoms with Crippen molar-refractivity contribution in [2.24, 2.45) is 0 Å². The Morgan fingerprint density at radius 1 is 1.11 bits per heavy atom. The highest BCUT2D eigenvalue weighted by Crippen LogP contribution is 2.03. The molecule has 0 radical (unpaired) electrons. The van der Waals surface area contributed by atoms with Crippen LogP contribution in [0.25, 0.3) is 0 Å². The average Bonchev–Trinajstić information content (AvgIpc) is 2.42. The van der Waals surface area contributed by atoms with Gasteiger partial charge >= 0.3 is 5.97 Å². The molecule has 0 aliphatic heterocycles. The Labute approximate surface area is 108 Å². The Morgan fingerprint density at radius 3 is 2.39 bits per heavy atom. The maximum atomic E-state index is 11.6. The molecule has 0 N–H and O–H groups in total. The number of ether oxygens (including phenoxy) is 3. The molecule has 0 amide bonds. The van der Waals surface area contributed by atoms with Crippen LogP contribution in [0.4, 0.5) is 0 Å². The van der Waals surface area contributed by atoms with E-state index < -0.39 is 0 Å². The summed E-state index contributed by atoms with van der Waals surface area (Å²) in [5.41, 5.74) is 0.551. The van der Waals surface area contributed by atoms with E-state index in [-0.39, 0.29) is 24.8 Å². The highest BCUT2D eigenvalue weighted by molar-refractivity contribution is 5.89. The third-order valence-electron chi connectivity index (χ3n) is 2.48. The van der Waals surface area contributed by atoms with E-state index in [9.17, 15) is 4.79 Å². The summed E-state index contributed by atoms with van der Waals surface area (Å²) >= 11 is 0. The number of methoxy groups -OCH3 is 1. The van der Waals surface area contributed by atoms with Crippen LogP contribution in [0.3, 0.4) is 0 Å². The molecule has 0 saturated heterocycles. The molecule has 0 heterocycles. The fraction of sp³-hybridized carbons (Fsp3) is 0.500. The van der Waals surface area contributed by atoms with Gasteiger partial charge in [-0.15, -0.1) is 0 Å². The minimum absolute atomic E-state index is 0.0391. The van der Waals surface area contributed by atoms with Gasteiger partial charge in [-0.25, -0.2) is 4.79 Å². The van der Waals surface area contributed by atoms with Gasteiger partial charge in [0.15, 0.2) is 0 Å². The third kappa shape index (κ3) is 5.29. The number of hydrogen-bond donors (Lipinski definition) is 0. The molecule has 0 aliphatic carbocycles. The Balaban J connectivity index is 2.26. The summed E-state index contributed by atoms with van der Waals surface area (Å²) in [6, 6.07) is 8.91. The molecule has 0 bridgehead atoms. The number of benzene rings is 1. The summed E-state index contributed by atoms with van der Waals surface area (Å²) in [6.45, 7) is 4.51. The summed E-state index contributed by atoms with van der Waals surface area (Å²) in [6.07, 6.45) is -0.104. The van der Waals surface area contributed by atoms with Gasteiger partial charge in [0.1, 0.15) is 6.61 Å². The molecule has 1 aromatic rings. The highest BCUT2D eigenvalue weighted by Gasteiger charge is 2.10. The number of carbonyl (C=O) groups is 1. The third-order valence-corrected chi connectivity index (χ3v) is 2.48. The predicted molar refractivity (Wildman–Crippen MR) is 68.6 cm³/mol. The molecular formula is C14H20O4. The summed E-state index contributed by atoms with van der Waals surface area (Å²) < 4.78 is 15.7. The van der Waals surface area contributed by atoms with Crippen molar-refractivity contribution in [1.82, 2.24) is 0 Å². The zero-order valence-corrected chi connectivity index (χ0v) is 11.1. The molecular weight excluding hydrogens is 232 g/mol. The second kappa shape index (κ2) is 7.84. The van der Waals surface area contributed by atoms with Crippen LogP contribution >= 0.6 is 0 Å². The lowest BCUT2D eigenvalue weighted by molar-refractivity contribution is -0.0384. The summed E-state index contributed by atoms with van der Waals surface area (Å²) in [4.78, 5) is 11.6. The molecule has 18 heavy (non-hydrogen) atoms. The maximum absolute atomic E-state index is 11.6. The van der Waals surface area contributed by atoms with Crippen molar-refractivity contribution >= 4 is 5.97 Å². The van der Waals surface area contributed by atoms with E-state index in [1.54, 1.807) is 31.4 Å². The smallest absolute Gasteiger partial charge is 0.338 e. The van der Waals surface area contributed by atoms with Crippen LogP contribution in [0.15, 0.2) is 30.3 Å². The molecule has 4 nitrogen and oxygen atoms in total. The number of esters is 1. The van der Waals surface area contributed by atoms with Crippen LogP contribution in [-0.2, 0) is 14.2 Å². The second-order valence-electron chi connectivity index (χ2n) is 4.15. The van der Waals surface area contributed by atoms with E-state index in [0.29, 0.717) is 12.2 Å². The Bertz CT molecular complexity index is 350. The lowest BCUT2D eigenvalue weighted by atomic mass is 10.2. The molecule has 4 heteroatoms. The van der Waals surface area contributed by atoms with E-state index in [1.165, 1.54) is 0 Å². The van der Waals surface area contributed by atoms with Crippen molar-refractivity contribution in [3.8, 4) is 0 Å². The fourth-order valence-electron chi connectivity index (χ4n) is 1.27. The van der Waals surface area contributed by atoms with Crippen molar-refractivity contribution in [1.29, 1.82) is 0 Å². The van der Waals surface area contributed by atoms with Crippen molar-refractivity contribution < 1.29 is 19.0 Å². The van der Waals surface area contributed by atoms with Crippen molar-refractivity contribution in [3.63, 3.8) is 0 Å². The maximum Gasteiger partial charge on any atom is 0.338 e. The standard InChI is InChI=1S/C14H20O4/c1-11(16-3)9-17-12(2)10-18-14(15)13-7-5-4-6-8-13/h4-8,11-12H,9-10H2,1-3H3. The minimum atomic E-state index is -0.328. The van der Waals surface area contributed by atoms with Gasteiger partial charge in [0, 0.05) is 7.11 Å². The lowest BCUT2D eigenvalue weighted by Crippen LogP contribution is -2.24. The first-order valence-corrected chi connectivity index (χ1v) is 6.00. The van der Waals surface area contributed by atoms with Gasteiger partial charge in [-0.2, -0.15) is 0 Å². The largest absolute Gasteiger partial charge is 0.459 e. The first kappa shape index (κ1) is 14.7. The Morgan fingerprint density at radius 2 is 1.78 bits per heavy atom. The molecule has 0 saturated carbocycles. The fourth-order valence-corrected chi connectivity index (χ4v) is 1.27. The van der Waals surface area contributed by atoms with Crippen LogP contribution < -0.4 is 0 Å². The zero-order valence-electron chi connectivity index (χ0n) is 11.1. The van der Waals surface area contributed by atoms with Crippen molar-refractivity contribution in [2.75, 3.05) is 20.3 Å². The van der Waals surface area contributed by atoms with Crippen LogP contribution in [-0.4, -0.2) is 38.5 Å². The van der Waals surface area contributed by atoms with Crippen LogP contribution in [0, 0.1) is 0 Å². The van der Waals surface area contributed by atoms with Gasteiger partial charge in [0.25, 0.3) is 0 Å². The van der Waals surface area contributed by atoms with Crippen LogP contribution in [0.5, 0.6) is 0 Å². The van der Waals surface area contributed by atoms with Gasteiger partial charge < -0.3 is 14.2 Å². The van der Waals surface area contributed by atoms with Crippen LogP contribution in [0.1, 0.15) is 24.2 Å². The summed E-state index contributed by atoms with van der Waals surface area (Å²) in [5, 5.41) is 0. The molecule has 0 aromatic heterocycles. The SMILES string of the molecule is COC(C)COC(C)COC(=O)c1ccccc1. The van der Waals surface area contributed by atoms with Crippen molar-refractivity contribution in [2.45, 2.75) is 26.1 Å². The minimum Gasteiger partial charge on any atom is -0.459 e. The van der Waals surface area contributed by atoms with Gasteiger partial charge in [-0.3, -0.25) is 0 Å². The van der Waals surface area contributed by atoms with Gasteiger partial charge in [-0.05, 0) is 26.0 Å². The molecule has 1 aromatic carbocycles. The molecule has 100 valence electrons. The van der Waals surface area contributed by atoms with Gasteiger partial charge in [0.05, 0.1) is 24.4 Å². The van der Waals surface area contributed by atoms with Crippen LogP contribution in [0.2, 0.25) is 0 Å². The van der Waals surface area contributed by atoms with Gasteiger partial charge in [-0.1, -0.05) is 18.2 Å². The first-order chi connectivity index (χ1) is 8.63. The molecule has 0 fully saturated rings. The van der Waals surface area contributed by atoms with E-state index in [1.807, 2.05) is 19.9 Å². The quantitative estimate of drug-likeness (QED) is 0.698. The second-order valence-corrected chi connectivity index (χ2v) is 4.15. The normalized spacial score (nSPS) is 13.9. The number of rotatable bonds is 7. The predicted octanol–water partition coefficient (Wildman–Crippen LogP) is 2.28. The average molecular weight is 252 g/mol. The molecule has 1 rings (SSSR count).